The van der Waals surface area contributed by atoms with Crippen LogP contribution in [0.1, 0.15) is 61.1 Å². The molecule has 0 radical (unpaired) electrons. The van der Waals surface area contributed by atoms with Crippen molar-refractivity contribution in [2.45, 2.75) is 44.6 Å². The third kappa shape index (κ3) is 5.40. The summed E-state index contributed by atoms with van der Waals surface area (Å²) in [5.74, 6) is -1.10. The number of hydrogen-bond acceptors (Lipinski definition) is 5. The van der Waals surface area contributed by atoms with E-state index >= 15 is 0 Å². The summed E-state index contributed by atoms with van der Waals surface area (Å²) in [7, 11) is 0.124. The number of nitrogens with zero attached hydrogens (tertiary/aromatic N) is 3. The number of amides is 3. The SMILES string of the molecule is CC(C)c1cc(F)cc(C(C)C)c1NC(=O)NS(=O)(=O)c1cc(C(=O)N(C)C)n(C)n1. The number of halogens is 1. The van der Waals surface area contributed by atoms with Gasteiger partial charge in [-0.25, -0.2) is 13.9 Å². The molecule has 0 aliphatic heterocycles. The minimum Gasteiger partial charge on any atom is -0.343 e. The molecule has 0 fully saturated rings. The van der Waals surface area contributed by atoms with Gasteiger partial charge in [-0.2, -0.15) is 13.5 Å². The quantitative estimate of drug-likeness (QED) is 0.698. The molecule has 9 nitrogen and oxygen atoms in total. The summed E-state index contributed by atoms with van der Waals surface area (Å²) in [4.78, 5) is 26.0. The van der Waals surface area contributed by atoms with Crippen molar-refractivity contribution in [3.8, 4) is 0 Å². The van der Waals surface area contributed by atoms with Gasteiger partial charge in [-0.1, -0.05) is 27.7 Å². The fourth-order valence-electron chi connectivity index (χ4n) is 3.02. The maximum atomic E-state index is 14.1. The molecule has 0 aliphatic carbocycles. The van der Waals surface area contributed by atoms with Gasteiger partial charge < -0.3 is 10.2 Å². The topological polar surface area (TPSA) is 113 Å². The van der Waals surface area contributed by atoms with Crippen LogP contribution in [-0.2, 0) is 17.1 Å². The highest BCUT2D eigenvalue weighted by Gasteiger charge is 2.26. The number of urea groups is 1. The molecule has 2 rings (SSSR count). The van der Waals surface area contributed by atoms with Gasteiger partial charge in [0.05, 0.1) is 0 Å². The fourth-order valence-corrected chi connectivity index (χ4v) is 3.92. The molecule has 1 heterocycles. The Bertz CT molecular complexity index is 1080. The van der Waals surface area contributed by atoms with Gasteiger partial charge in [0.2, 0.25) is 0 Å². The lowest BCUT2D eigenvalue weighted by Crippen LogP contribution is -2.35. The van der Waals surface area contributed by atoms with Crippen LogP contribution in [0.2, 0.25) is 0 Å². The van der Waals surface area contributed by atoms with Crippen LogP contribution in [0.4, 0.5) is 14.9 Å². The summed E-state index contributed by atoms with van der Waals surface area (Å²) >= 11 is 0. The first-order chi connectivity index (χ1) is 14.2. The van der Waals surface area contributed by atoms with Crippen LogP contribution >= 0.6 is 0 Å². The van der Waals surface area contributed by atoms with Crippen LogP contribution < -0.4 is 10.0 Å². The first-order valence-electron chi connectivity index (χ1n) is 9.67. The molecule has 0 saturated carbocycles. The maximum absolute atomic E-state index is 14.1. The third-order valence-electron chi connectivity index (χ3n) is 4.63. The van der Waals surface area contributed by atoms with Gasteiger partial charge in [-0.3, -0.25) is 9.48 Å². The molecule has 170 valence electrons. The zero-order valence-corrected chi connectivity index (χ0v) is 19.5. The van der Waals surface area contributed by atoms with E-state index < -0.39 is 32.8 Å². The van der Waals surface area contributed by atoms with Gasteiger partial charge in [-0.05, 0) is 35.1 Å². The number of benzene rings is 1. The minimum absolute atomic E-state index is 0.0495. The summed E-state index contributed by atoms with van der Waals surface area (Å²) < 4.78 is 42.4. The highest BCUT2D eigenvalue weighted by molar-refractivity contribution is 7.90. The van der Waals surface area contributed by atoms with Crippen molar-refractivity contribution in [2.24, 2.45) is 7.05 Å². The summed E-state index contributed by atoms with van der Waals surface area (Å²) in [5, 5.41) is 5.92. The van der Waals surface area contributed by atoms with Gasteiger partial charge in [-0.15, -0.1) is 0 Å². The molecular weight excluding hydrogens is 425 g/mol. The predicted molar refractivity (Wildman–Crippen MR) is 115 cm³/mol. The zero-order chi connectivity index (χ0) is 23.7. The average Bonchev–Trinajstić information content (AvgIpc) is 3.03. The van der Waals surface area contributed by atoms with Crippen LogP contribution in [0.3, 0.4) is 0 Å². The predicted octanol–water partition coefficient (Wildman–Crippen LogP) is 3.02. The smallest absolute Gasteiger partial charge is 0.333 e. The molecule has 0 atom stereocenters. The Morgan fingerprint density at radius 3 is 2.03 bits per heavy atom. The first kappa shape index (κ1) is 24.3. The molecule has 31 heavy (non-hydrogen) atoms. The minimum atomic E-state index is -4.35. The molecule has 11 heteroatoms. The summed E-state index contributed by atoms with van der Waals surface area (Å²) in [6.07, 6.45) is 0. The first-order valence-corrected chi connectivity index (χ1v) is 11.2. The fraction of sp³-hybridized carbons (Fsp3) is 0.450. The van der Waals surface area contributed by atoms with E-state index in [1.165, 1.54) is 38.2 Å². The van der Waals surface area contributed by atoms with Crippen LogP contribution in [0.15, 0.2) is 23.2 Å². The largest absolute Gasteiger partial charge is 0.343 e. The number of hydrogen-bond donors (Lipinski definition) is 2. The van der Waals surface area contributed by atoms with E-state index in [0.717, 1.165) is 10.7 Å². The Balaban J connectivity index is 2.35. The van der Waals surface area contributed by atoms with E-state index in [4.69, 9.17) is 0 Å². The Kier molecular flexibility index (Phi) is 7.10. The summed E-state index contributed by atoms with van der Waals surface area (Å²) in [6, 6.07) is 2.72. The Morgan fingerprint density at radius 2 is 1.58 bits per heavy atom. The van der Waals surface area contributed by atoms with Crippen molar-refractivity contribution in [2.75, 3.05) is 19.4 Å². The van der Waals surface area contributed by atoms with E-state index in [1.807, 2.05) is 32.4 Å². The molecular formula is C20H28FN5O4S. The second-order valence-corrected chi connectivity index (χ2v) is 9.65. The third-order valence-corrected chi connectivity index (χ3v) is 5.84. The summed E-state index contributed by atoms with van der Waals surface area (Å²) in [6.45, 7) is 7.37. The van der Waals surface area contributed by atoms with Crippen molar-refractivity contribution in [1.82, 2.24) is 19.4 Å². The van der Waals surface area contributed by atoms with Crippen LogP contribution in [0, 0.1) is 5.82 Å². The number of carbonyl (C=O) groups excluding carboxylic acids is 2. The number of rotatable bonds is 6. The van der Waals surface area contributed by atoms with Crippen molar-refractivity contribution in [3.05, 3.63) is 40.8 Å². The molecule has 1 aromatic carbocycles. The molecule has 0 unspecified atom stereocenters. The van der Waals surface area contributed by atoms with E-state index in [1.54, 1.807) is 0 Å². The molecule has 0 saturated heterocycles. The molecule has 0 spiro atoms. The number of aromatic nitrogens is 2. The lowest BCUT2D eigenvalue weighted by atomic mass is 9.92. The Labute approximate surface area is 181 Å². The number of carbonyl (C=O) groups is 2. The molecule has 1 aromatic heterocycles. The standard InChI is InChI=1S/C20H28FN5O4S/c1-11(2)14-8-13(21)9-15(12(3)4)18(14)22-20(28)24-31(29,30)17-10-16(26(7)23-17)19(27)25(5)6/h8-12H,1-7H3,(H2,22,24,28). The monoisotopic (exact) mass is 453 g/mol. The van der Waals surface area contributed by atoms with E-state index in [-0.39, 0.29) is 17.5 Å². The van der Waals surface area contributed by atoms with E-state index in [9.17, 15) is 22.4 Å². The van der Waals surface area contributed by atoms with Gasteiger partial charge in [0.25, 0.3) is 15.9 Å². The zero-order valence-electron chi connectivity index (χ0n) is 18.6. The Hall–Kier alpha value is -2.95. The van der Waals surface area contributed by atoms with Crippen molar-refractivity contribution in [1.29, 1.82) is 0 Å². The van der Waals surface area contributed by atoms with Crippen LogP contribution in [0.25, 0.3) is 0 Å². The Morgan fingerprint density at radius 1 is 1.06 bits per heavy atom. The maximum Gasteiger partial charge on any atom is 0.333 e. The van der Waals surface area contributed by atoms with E-state index in [2.05, 4.69) is 10.4 Å². The van der Waals surface area contributed by atoms with E-state index in [0.29, 0.717) is 16.8 Å². The second-order valence-electron chi connectivity index (χ2n) is 8.02. The number of sulfonamides is 1. The van der Waals surface area contributed by atoms with Gasteiger partial charge in [0.1, 0.15) is 11.5 Å². The van der Waals surface area contributed by atoms with Crippen LogP contribution in [0.5, 0.6) is 0 Å². The molecule has 2 aromatic rings. The van der Waals surface area contributed by atoms with Crippen molar-refractivity contribution >= 4 is 27.6 Å². The molecule has 2 N–H and O–H groups in total. The average molecular weight is 454 g/mol. The van der Waals surface area contributed by atoms with Gasteiger partial charge in [0, 0.05) is 32.9 Å². The summed E-state index contributed by atoms with van der Waals surface area (Å²) in [5.41, 5.74) is 1.51. The van der Waals surface area contributed by atoms with Crippen molar-refractivity contribution in [3.63, 3.8) is 0 Å². The van der Waals surface area contributed by atoms with Crippen LogP contribution in [-0.4, -0.2) is 49.1 Å². The molecule has 0 bridgehead atoms. The molecule has 0 aliphatic rings. The van der Waals surface area contributed by atoms with Crippen molar-refractivity contribution < 1.29 is 22.4 Å². The second kappa shape index (κ2) is 9.04. The lowest BCUT2D eigenvalue weighted by Gasteiger charge is -2.20. The normalized spacial score (nSPS) is 11.7. The highest BCUT2D eigenvalue weighted by Crippen LogP contribution is 2.33. The number of anilines is 1. The number of aryl methyl sites for hydroxylation is 1. The number of nitrogens with one attached hydrogen (secondary N) is 2. The van der Waals surface area contributed by atoms with Gasteiger partial charge in [0.15, 0.2) is 5.03 Å². The lowest BCUT2D eigenvalue weighted by molar-refractivity contribution is 0.0817. The highest BCUT2D eigenvalue weighted by atomic mass is 32.2. The molecule has 3 amide bonds. The van der Waals surface area contributed by atoms with Gasteiger partial charge >= 0.3 is 6.03 Å².